The van der Waals surface area contributed by atoms with Crippen LogP contribution in [0, 0.1) is 5.82 Å². The van der Waals surface area contributed by atoms with E-state index in [0.717, 1.165) is 0 Å². The van der Waals surface area contributed by atoms with E-state index in [2.05, 4.69) is 4.74 Å². The van der Waals surface area contributed by atoms with Crippen molar-refractivity contribution in [1.82, 2.24) is 0 Å². The van der Waals surface area contributed by atoms with Crippen molar-refractivity contribution in [2.45, 2.75) is 6.92 Å². The molecule has 1 rings (SSSR count). The molecular weight excluding hydrogens is 251 g/mol. The van der Waals surface area contributed by atoms with E-state index in [4.69, 9.17) is 16.3 Å². The molecule has 0 atom stereocenters. The molecule has 0 saturated heterocycles. The van der Waals surface area contributed by atoms with Crippen molar-refractivity contribution >= 4 is 23.4 Å². The summed E-state index contributed by atoms with van der Waals surface area (Å²) in [6.07, 6.45) is 0. The fourth-order valence-corrected chi connectivity index (χ4v) is 1.37. The first-order chi connectivity index (χ1) is 8.02. The summed E-state index contributed by atoms with van der Waals surface area (Å²) in [4.78, 5) is 22.9. The SMILES string of the molecule is CCOC(=O)C(=O)c1c(OC)ccc(Cl)c1F. The molecular formula is C11H10ClFO4. The number of esters is 1. The second-order valence-corrected chi connectivity index (χ2v) is 3.40. The third-order valence-corrected chi connectivity index (χ3v) is 2.26. The molecule has 0 heterocycles. The molecule has 1 aromatic carbocycles. The van der Waals surface area contributed by atoms with Crippen LogP contribution in [0.2, 0.25) is 5.02 Å². The van der Waals surface area contributed by atoms with E-state index >= 15 is 0 Å². The van der Waals surface area contributed by atoms with Gasteiger partial charge in [-0.2, -0.15) is 0 Å². The molecule has 17 heavy (non-hydrogen) atoms. The quantitative estimate of drug-likeness (QED) is 0.473. The van der Waals surface area contributed by atoms with Crippen molar-refractivity contribution in [2.24, 2.45) is 0 Å². The van der Waals surface area contributed by atoms with Crippen LogP contribution in [0.3, 0.4) is 0 Å². The van der Waals surface area contributed by atoms with Crippen LogP contribution in [0.15, 0.2) is 12.1 Å². The zero-order valence-corrected chi connectivity index (χ0v) is 10.0. The third kappa shape index (κ3) is 2.74. The smallest absolute Gasteiger partial charge is 0.379 e. The van der Waals surface area contributed by atoms with Crippen LogP contribution in [0.25, 0.3) is 0 Å². The number of hydrogen-bond acceptors (Lipinski definition) is 4. The largest absolute Gasteiger partial charge is 0.496 e. The lowest BCUT2D eigenvalue weighted by atomic mass is 10.1. The van der Waals surface area contributed by atoms with Crippen LogP contribution in [0.5, 0.6) is 5.75 Å². The van der Waals surface area contributed by atoms with Gasteiger partial charge in [0.2, 0.25) is 0 Å². The van der Waals surface area contributed by atoms with E-state index in [0.29, 0.717) is 0 Å². The fraction of sp³-hybridized carbons (Fsp3) is 0.273. The minimum atomic E-state index is -1.15. The molecule has 92 valence electrons. The summed E-state index contributed by atoms with van der Waals surface area (Å²) in [7, 11) is 1.25. The summed E-state index contributed by atoms with van der Waals surface area (Å²) in [5, 5.41) is -0.265. The Hall–Kier alpha value is -1.62. The fourth-order valence-electron chi connectivity index (χ4n) is 1.21. The highest BCUT2D eigenvalue weighted by Crippen LogP contribution is 2.27. The normalized spacial score (nSPS) is 9.88. The minimum absolute atomic E-state index is 0.0229. The molecule has 0 spiro atoms. The number of methoxy groups -OCH3 is 1. The second kappa shape index (κ2) is 5.63. The number of carbonyl (C=O) groups is 2. The van der Waals surface area contributed by atoms with Crippen molar-refractivity contribution < 1.29 is 23.5 Å². The van der Waals surface area contributed by atoms with Crippen molar-refractivity contribution in [3.63, 3.8) is 0 Å². The first-order valence-corrected chi connectivity index (χ1v) is 5.14. The molecule has 0 N–H and O–H groups in total. The van der Waals surface area contributed by atoms with Crippen molar-refractivity contribution in [2.75, 3.05) is 13.7 Å². The Morgan fingerprint density at radius 2 is 2.06 bits per heavy atom. The maximum Gasteiger partial charge on any atom is 0.379 e. The molecule has 6 heteroatoms. The van der Waals surface area contributed by atoms with Crippen LogP contribution >= 0.6 is 11.6 Å². The lowest BCUT2D eigenvalue weighted by molar-refractivity contribution is -0.137. The number of rotatable bonds is 4. The predicted octanol–water partition coefficient (Wildman–Crippen LogP) is 2.23. The molecule has 0 aliphatic rings. The van der Waals surface area contributed by atoms with Crippen molar-refractivity contribution in [1.29, 1.82) is 0 Å². The number of benzene rings is 1. The van der Waals surface area contributed by atoms with Gasteiger partial charge < -0.3 is 9.47 Å². The monoisotopic (exact) mass is 260 g/mol. The maximum absolute atomic E-state index is 13.7. The summed E-state index contributed by atoms with van der Waals surface area (Å²) >= 11 is 5.53. The van der Waals surface area contributed by atoms with Gasteiger partial charge in [-0.3, -0.25) is 4.79 Å². The molecule has 0 aliphatic carbocycles. The molecule has 0 aliphatic heterocycles. The molecule has 1 aromatic rings. The number of ether oxygens (including phenoxy) is 2. The van der Waals surface area contributed by atoms with Gasteiger partial charge >= 0.3 is 5.97 Å². The average Bonchev–Trinajstić information content (AvgIpc) is 2.32. The Bertz CT molecular complexity index is 459. The lowest BCUT2D eigenvalue weighted by Crippen LogP contribution is -2.19. The Balaban J connectivity index is 3.24. The standard InChI is InChI=1S/C11H10ClFO4/c1-3-17-11(15)10(14)8-7(16-2)5-4-6(12)9(8)13/h4-5H,3H2,1-2H3. The molecule has 0 bridgehead atoms. The highest BCUT2D eigenvalue weighted by molar-refractivity contribution is 6.42. The molecule has 0 saturated carbocycles. The topological polar surface area (TPSA) is 52.6 Å². The van der Waals surface area contributed by atoms with Gasteiger partial charge in [-0.25, -0.2) is 9.18 Å². The van der Waals surface area contributed by atoms with Crippen LogP contribution < -0.4 is 4.74 Å². The molecule has 0 radical (unpaired) electrons. The summed E-state index contributed by atoms with van der Waals surface area (Å²) in [6, 6.07) is 2.54. The first kappa shape index (κ1) is 13.4. The molecule has 0 aromatic heterocycles. The number of carbonyl (C=O) groups excluding carboxylic acids is 2. The zero-order chi connectivity index (χ0) is 13.0. The van der Waals surface area contributed by atoms with Crippen LogP contribution in [0.1, 0.15) is 17.3 Å². The van der Waals surface area contributed by atoms with E-state index in [-0.39, 0.29) is 17.4 Å². The predicted molar refractivity (Wildman–Crippen MR) is 58.9 cm³/mol. The van der Waals surface area contributed by atoms with E-state index in [1.165, 1.54) is 26.2 Å². The van der Waals surface area contributed by atoms with Crippen molar-refractivity contribution in [3.05, 3.63) is 28.5 Å². The lowest BCUT2D eigenvalue weighted by Gasteiger charge is -2.08. The van der Waals surface area contributed by atoms with Crippen LogP contribution in [0.4, 0.5) is 4.39 Å². The molecule has 0 fully saturated rings. The van der Waals surface area contributed by atoms with Gasteiger partial charge in [0.25, 0.3) is 5.78 Å². The summed E-state index contributed by atoms with van der Waals surface area (Å²) in [6.45, 7) is 1.56. The van der Waals surface area contributed by atoms with E-state index in [9.17, 15) is 14.0 Å². The van der Waals surface area contributed by atoms with Gasteiger partial charge in [-0.05, 0) is 19.1 Å². The van der Waals surface area contributed by atoms with Gasteiger partial charge in [0.1, 0.15) is 11.3 Å². The van der Waals surface area contributed by atoms with Gasteiger partial charge in [-0.15, -0.1) is 0 Å². The van der Waals surface area contributed by atoms with Crippen molar-refractivity contribution in [3.8, 4) is 5.75 Å². The number of ketones is 1. The van der Waals surface area contributed by atoms with E-state index in [1.54, 1.807) is 0 Å². The Kier molecular flexibility index (Phi) is 4.45. The molecule has 4 nitrogen and oxygen atoms in total. The Labute approximate surface area is 102 Å². The molecule has 0 amide bonds. The van der Waals surface area contributed by atoms with Crippen LogP contribution in [-0.4, -0.2) is 25.5 Å². The maximum atomic E-state index is 13.7. The summed E-state index contributed by atoms with van der Waals surface area (Å²) in [5.74, 6) is -3.33. The number of hydrogen-bond donors (Lipinski definition) is 0. The Morgan fingerprint density at radius 1 is 1.41 bits per heavy atom. The molecule has 0 unspecified atom stereocenters. The van der Waals surface area contributed by atoms with Gasteiger partial charge in [0, 0.05) is 0 Å². The van der Waals surface area contributed by atoms with Crippen LogP contribution in [-0.2, 0) is 9.53 Å². The Morgan fingerprint density at radius 3 is 2.59 bits per heavy atom. The summed E-state index contributed by atoms with van der Waals surface area (Å²) in [5.41, 5.74) is -0.515. The van der Waals surface area contributed by atoms with E-state index in [1.807, 2.05) is 0 Å². The zero-order valence-electron chi connectivity index (χ0n) is 9.25. The average molecular weight is 261 g/mol. The minimum Gasteiger partial charge on any atom is -0.496 e. The van der Waals surface area contributed by atoms with Gasteiger partial charge in [-0.1, -0.05) is 11.6 Å². The third-order valence-electron chi connectivity index (χ3n) is 1.96. The highest BCUT2D eigenvalue weighted by Gasteiger charge is 2.26. The summed E-state index contributed by atoms with van der Waals surface area (Å²) < 4.78 is 23.0. The van der Waals surface area contributed by atoms with Gasteiger partial charge in [0.05, 0.1) is 18.7 Å². The second-order valence-electron chi connectivity index (χ2n) is 2.99. The van der Waals surface area contributed by atoms with E-state index < -0.39 is 23.1 Å². The first-order valence-electron chi connectivity index (χ1n) is 4.76. The number of halogens is 2. The van der Waals surface area contributed by atoms with Gasteiger partial charge in [0.15, 0.2) is 5.82 Å². The number of Topliss-reactive ketones (excluding diaryl/α,β-unsaturated/α-hetero) is 1. The highest BCUT2D eigenvalue weighted by atomic mass is 35.5.